The van der Waals surface area contributed by atoms with Gasteiger partial charge in [-0.3, -0.25) is 9.69 Å². The van der Waals surface area contributed by atoms with E-state index in [0.717, 1.165) is 19.4 Å². The number of ether oxygens (including phenoxy) is 1. The first kappa shape index (κ1) is 21.9. The van der Waals surface area contributed by atoms with Gasteiger partial charge in [0.25, 0.3) is 0 Å². The highest BCUT2D eigenvalue weighted by Crippen LogP contribution is 2.33. The SMILES string of the molecule is CC(C)(C)C[C@H]1CC(C(=O)OC(C)(C)C)C[C@@H](O)CN1Cc1ccccc1. The van der Waals surface area contributed by atoms with E-state index in [2.05, 4.69) is 37.8 Å². The summed E-state index contributed by atoms with van der Waals surface area (Å²) in [5, 5.41) is 10.6. The number of rotatable bonds is 4. The van der Waals surface area contributed by atoms with Crippen molar-refractivity contribution in [3.63, 3.8) is 0 Å². The van der Waals surface area contributed by atoms with Crippen molar-refractivity contribution in [2.24, 2.45) is 11.3 Å². The number of nitrogens with zero attached hydrogens (tertiary/aromatic N) is 1. The van der Waals surface area contributed by atoms with Crippen LogP contribution < -0.4 is 0 Å². The molecule has 0 amide bonds. The molecule has 2 rings (SSSR count). The number of benzene rings is 1. The summed E-state index contributed by atoms with van der Waals surface area (Å²) in [5.74, 6) is -0.436. The van der Waals surface area contributed by atoms with Gasteiger partial charge in [-0.1, -0.05) is 51.1 Å². The topological polar surface area (TPSA) is 49.8 Å². The lowest BCUT2D eigenvalue weighted by atomic mass is 9.83. The first-order valence-electron chi connectivity index (χ1n) is 10.1. The zero-order valence-corrected chi connectivity index (χ0v) is 17.9. The number of aliphatic hydroxyl groups excluding tert-OH is 1. The Morgan fingerprint density at radius 2 is 1.74 bits per heavy atom. The minimum Gasteiger partial charge on any atom is -0.460 e. The summed E-state index contributed by atoms with van der Waals surface area (Å²) in [5.41, 5.74) is 0.879. The van der Waals surface area contributed by atoms with Crippen molar-refractivity contribution in [3.8, 4) is 0 Å². The van der Waals surface area contributed by atoms with Crippen LogP contribution in [0.1, 0.15) is 66.4 Å². The van der Waals surface area contributed by atoms with Gasteiger partial charge in [0.15, 0.2) is 0 Å². The maximum absolute atomic E-state index is 12.7. The Morgan fingerprint density at radius 1 is 1.11 bits per heavy atom. The number of esters is 1. The summed E-state index contributed by atoms with van der Waals surface area (Å²) in [4.78, 5) is 15.1. The van der Waals surface area contributed by atoms with Gasteiger partial charge in [-0.15, -0.1) is 0 Å². The fourth-order valence-corrected chi connectivity index (χ4v) is 3.90. The van der Waals surface area contributed by atoms with Crippen LogP contribution >= 0.6 is 0 Å². The molecule has 1 saturated heterocycles. The van der Waals surface area contributed by atoms with Crippen molar-refractivity contribution in [2.75, 3.05) is 6.54 Å². The summed E-state index contributed by atoms with van der Waals surface area (Å²) in [6, 6.07) is 10.6. The van der Waals surface area contributed by atoms with Crippen molar-refractivity contribution in [1.82, 2.24) is 4.90 Å². The lowest BCUT2D eigenvalue weighted by Crippen LogP contribution is -2.40. The Balaban J connectivity index is 2.21. The van der Waals surface area contributed by atoms with Gasteiger partial charge < -0.3 is 9.84 Å². The Labute approximate surface area is 164 Å². The number of carbonyl (C=O) groups is 1. The largest absolute Gasteiger partial charge is 0.460 e. The summed E-state index contributed by atoms with van der Waals surface area (Å²) < 4.78 is 5.64. The van der Waals surface area contributed by atoms with Gasteiger partial charge in [-0.25, -0.2) is 0 Å². The molecule has 27 heavy (non-hydrogen) atoms. The van der Waals surface area contributed by atoms with E-state index >= 15 is 0 Å². The van der Waals surface area contributed by atoms with E-state index in [1.807, 2.05) is 39.0 Å². The van der Waals surface area contributed by atoms with E-state index in [1.54, 1.807) is 0 Å². The molecule has 1 fully saturated rings. The Bertz CT molecular complexity index is 600. The van der Waals surface area contributed by atoms with Gasteiger partial charge in [-0.05, 0) is 51.0 Å². The lowest BCUT2D eigenvalue weighted by Gasteiger charge is -2.35. The van der Waals surface area contributed by atoms with Crippen LogP contribution in [0.25, 0.3) is 0 Å². The van der Waals surface area contributed by atoms with Gasteiger partial charge in [0.2, 0.25) is 0 Å². The van der Waals surface area contributed by atoms with E-state index in [0.29, 0.717) is 13.0 Å². The van der Waals surface area contributed by atoms with Crippen LogP contribution in [0, 0.1) is 11.3 Å². The van der Waals surface area contributed by atoms with Crippen LogP contribution in [-0.4, -0.2) is 40.3 Å². The maximum atomic E-state index is 12.7. The van der Waals surface area contributed by atoms with Crippen LogP contribution in [0.3, 0.4) is 0 Å². The smallest absolute Gasteiger partial charge is 0.309 e. The molecular formula is C23H37NO3. The summed E-state index contributed by atoms with van der Waals surface area (Å²) in [6.45, 7) is 13.8. The molecule has 0 aliphatic carbocycles. The Morgan fingerprint density at radius 3 is 2.30 bits per heavy atom. The fraction of sp³-hybridized carbons (Fsp3) is 0.696. The first-order valence-corrected chi connectivity index (χ1v) is 10.1. The molecule has 1 aliphatic heterocycles. The van der Waals surface area contributed by atoms with Gasteiger partial charge in [0, 0.05) is 19.1 Å². The quantitative estimate of drug-likeness (QED) is 0.792. The van der Waals surface area contributed by atoms with E-state index in [-0.39, 0.29) is 23.3 Å². The van der Waals surface area contributed by atoms with Crippen LogP contribution in [0.4, 0.5) is 0 Å². The van der Waals surface area contributed by atoms with E-state index in [4.69, 9.17) is 4.74 Å². The third-order valence-electron chi connectivity index (χ3n) is 4.89. The minimum atomic E-state index is -0.517. The van der Waals surface area contributed by atoms with Crippen LogP contribution in [0.2, 0.25) is 0 Å². The van der Waals surface area contributed by atoms with Crippen LogP contribution in [0.15, 0.2) is 30.3 Å². The van der Waals surface area contributed by atoms with Crippen molar-refractivity contribution in [2.45, 2.75) is 85.1 Å². The van der Waals surface area contributed by atoms with Gasteiger partial charge in [0.05, 0.1) is 12.0 Å². The predicted octanol–water partition coefficient (Wildman–Crippen LogP) is 4.41. The standard InChI is InChI=1S/C23H37NO3/c1-22(2,3)14-19-12-18(21(26)27-23(4,5)6)13-20(25)16-24(19)15-17-10-8-7-9-11-17/h7-11,18-20,25H,12-16H2,1-6H3/t18?,19-,20-/m1/s1. The normalized spacial score (nSPS) is 25.1. The Hall–Kier alpha value is -1.39. The third kappa shape index (κ3) is 7.63. The molecule has 0 radical (unpaired) electrons. The lowest BCUT2D eigenvalue weighted by molar-refractivity contribution is -0.161. The van der Waals surface area contributed by atoms with Crippen molar-refractivity contribution < 1.29 is 14.6 Å². The molecule has 1 unspecified atom stereocenters. The van der Waals surface area contributed by atoms with Gasteiger partial charge in [-0.2, -0.15) is 0 Å². The highest BCUT2D eigenvalue weighted by molar-refractivity contribution is 5.73. The number of aliphatic hydroxyl groups is 1. The first-order chi connectivity index (χ1) is 12.4. The minimum absolute atomic E-state index is 0.146. The number of likely N-dealkylation sites (tertiary alicyclic amines) is 1. The highest BCUT2D eigenvalue weighted by Gasteiger charge is 2.37. The van der Waals surface area contributed by atoms with E-state index in [1.165, 1.54) is 5.56 Å². The molecule has 152 valence electrons. The monoisotopic (exact) mass is 375 g/mol. The molecule has 4 nitrogen and oxygen atoms in total. The number of hydrogen-bond acceptors (Lipinski definition) is 4. The molecule has 1 N–H and O–H groups in total. The third-order valence-corrected chi connectivity index (χ3v) is 4.89. The molecule has 0 bridgehead atoms. The average Bonchev–Trinajstić information content (AvgIpc) is 2.64. The predicted molar refractivity (Wildman–Crippen MR) is 109 cm³/mol. The summed E-state index contributed by atoms with van der Waals surface area (Å²) in [7, 11) is 0. The number of carbonyl (C=O) groups excluding carboxylic acids is 1. The van der Waals surface area contributed by atoms with E-state index in [9.17, 15) is 9.90 Å². The second kappa shape index (κ2) is 8.74. The molecule has 1 aromatic rings. The van der Waals surface area contributed by atoms with Crippen LogP contribution in [-0.2, 0) is 16.1 Å². The summed E-state index contributed by atoms with van der Waals surface area (Å²) in [6.07, 6.45) is 1.67. The molecule has 0 spiro atoms. The molecule has 4 heteroatoms. The molecular weight excluding hydrogens is 338 g/mol. The molecule has 0 saturated carbocycles. The zero-order chi connectivity index (χ0) is 20.2. The second-order valence-electron chi connectivity index (χ2n) is 10.2. The zero-order valence-electron chi connectivity index (χ0n) is 17.9. The second-order valence-corrected chi connectivity index (χ2v) is 10.2. The molecule has 3 atom stereocenters. The van der Waals surface area contributed by atoms with E-state index < -0.39 is 11.7 Å². The molecule has 1 aliphatic rings. The summed E-state index contributed by atoms with van der Waals surface area (Å²) >= 11 is 0. The van der Waals surface area contributed by atoms with Gasteiger partial charge >= 0.3 is 5.97 Å². The number of β-amino-alcohol motifs (C(OH)–C–C–N with tert-alkyl or cyclic N) is 1. The van der Waals surface area contributed by atoms with Crippen molar-refractivity contribution in [3.05, 3.63) is 35.9 Å². The number of hydrogen-bond donors (Lipinski definition) is 1. The van der Waals surface area contributed by atoms with Crippen LogP contribution in [0.5, 0.6) is 0 Å². The molecule has 1 aromatic carbocycles. The van der Waals surface area contributed by atoms with Gasteiger partial charge in [0.1, 0.15) is 5.60 Å². The molecule has 1 heterocycles. The average molecular weight is 376 g/mol. The Kier molecular flexibility index (Phi) is 7.09. The maximum Gasteiger partial charge on any atom is 0.309 e. The van der Waals surface area contributed by atoms with Crippen molar-refractivity contribution >= 4 is 5.97 Å². The van der Waals surface area contributed by atoms with Crippen molar-refractivity contribution in [1.29, 1.82) is 0 Å². The highest BCUT2D eigenvalue weighted by atomic mass is 16.6. The molecule has 0 aromatic heterocycles. The fourth-order valence-electron chi connectivity index (χ4n) is 3.90.